The number of anilines is 1. The number of nitrogens with two attached hydrogens (primary N) is 1. The van der Waals surface area contributed by atoms with Crippen LogP contribution in [0.25, 0.3) is 10.6 Å². The summed E-state index contributed by atoms with van der Waals surface area (Å²) in [5, 5.41) is 5.33. The first-order valence-electron chi connectivity index (χ1n) is 5.19. The smallest absolute Gasteiger partial charge is 0.216 e. The predicted molar refractivity (Wildman–Crippen MR) is 79.5 cm³/mol. The fourth-order valence-electron chi connectivity index (χ4n) is 1.41. The van der Waals surface area contributed by atoms with Crippen molar-refractivity contribution in [3.05, 3.63) is 22.4 Å². The number of aromatic nitrogens is 1. The molecule has 0 radical (unpaired) electrons. The minimum atomic E-state index is 0. The molecule has 0 atom stereocenters. The van der Waals surface area contributed by atoms with Gasteiger partial charge in [-0.15, -0.1) is 35.1 Å². The van der Waals surface area contributed by atoms with Crippen molar-refractivity contribution in [2.24, 2.45) is 0 Å². The average Bonchev–Trinajstić information content (AvgIpc) is 2.86. The highest BCUT2D eigenvalue weighted by atomic mass is 35.5. The molecule has 7 heteroatoms. The zero-order chi connectivity index (χ0) is 12.3. The first-order valence-corrected chi connectivity index (χ1v) is 6.89. The van der Waals surface area contributed by atoms with E-state index in [4.69, 9.17) is 5.73 Å². The monoisotopic (exact) mass is 303 g/mol. The van der Waals surface area contributed by atoms with Crippen LogP contribution >= 0.6 is 35.1 Å². The van der Waals surface area contributed by atoms with Gasteiger partial charge in [-0.2, -0.15) is 0 Å². The molecule has 2 aromatic heterocycles. The summed E-state index contributed by atoms with van der Waals surface area (Å²) in [6.07, 6.45) is 0.851. The summed E-state index contributed by atoms with van der Waals surface area (Å²) in [7, 11) is 0. The van der Waals surface area contributed by atoms with Gasteiger partial charge in [-0.1, -0.05) is 0 Å². The summed E-state index contributed by atoms with van der Waals surface area (Å²) in [6, 6.07) is 4.11. The zero-order valence-electron chi connectivity index (χ0n) is 9.80. The highest BCUT2D eigenvalue weighted by molar-refractivity contribution is 7.16. The maximum atomic E-state index is 10.7. The maximum absolute atomic E-state index is 10.7. The lowest BCUT2D eigenvalue weighted by atomic mass is 10.3. The Bertz CT molecular complexity index is 524. The van der Waals surface area contributed by atoms with Crippen LogP contribution in [0.4, 0.5) is 5.13 Å². The quantitative estimate of drug-likeness (QED) is 0.912. The van der Waals surface area contributed by atoms with Crippen molar-refractivity contribution in [3.8, 4) is 10.6 Å². The number of hydrogen-bond donors (Lipinski definition) is 2. The van der Waals surface area contributed by atoms with Crippen molar-refractivity contribution in [2.75, 3.05) is 12.3 Å². The van der Waals surface area contributed by atoms with Crippen LogP contribution in [-0.2, 0) is 11.2 Å². The number of thiophene rings is 1. The summed E-state index contributed by atoms with van der Waals surface area (Å²) >= 11 is 3.13. The second kappa shape index (κ2) is 6.72. The number of rotatable bonds is 4. The molecule has 98 valence electrons. The molecule has 18 heavy (non-hydrogen) atoms. The Hall–Kier alpha value is -1.11. The third kappa shape index (κ3) is 3.97. The van der Waals surface area contributed by atoms with Crippen LogP contribution in [0.2, 0.25) is 0 Å². The van der Waals surface area contributed by atoms with Crippen LogP contribution in [0.1, 0.15) is 11.8 Å². The van der Waals surface area contributed by atoms with E-state index in [-0.39, 0.29) is 18.3 Å². The molecule has 0 aromatic carbocycles. The van der Waals surface area contributed by atoms with Gasteiger partial charge in [-0.25, -0.2) is 4.98 Å². The van der Waals surface area contributed by atoms with Gasteiger partial charge in [-0.3, -0.25) is 4.79 Å². The van der Waals surface area contributed by atoms with E-state index in [1.54, 1.807) is 11.3 Å². The fourth-order valence-corrected chi connectivity index (χ4v) is 3.02. The van der Waals surface area contributed by atoms with E-state index in [9.17, 15) is 4.79 Å². The van der Waals surface area contributed by atoms with Crippen LogP contribution in [0.3, 0.4) is 0 Å². The largest absolute Gasteiger partial charge is 0.375 e. The van der Waals surface area contributed by atoms with Gasteiger partial charge in [0.2, 0.25) is 5.91 Å². The average molecular weight is 304 g/mol. The summed E-state index contributed by atoms with van der Waals surface area (Å²) in [4.78, 5) is 17.3. The molecule has 0 unspecified atom stereocenters. The molecule has 0 aliphatic rings. The van der Waals surface area contributed by atoms with Gasteiger partial charge in [0.05, 0.1) is 10.6 Å². The normalized spacial score (nSPS) is 9.83. The van der Waals surface area contributed by atoms with Crippen LogP contribution in [-0.4, -0.2) is 17.4 Å². The minimum Gasteiger partial charge on any atom is -0.375 e. The van der Waals surface area contributed by atoms with Crippen molar-refractivity contribution >= 4 is 46.1 Å². The van der Waals surface area contributed by atoms with Crippen molar-refractivity contribution in [1.82, 2.24) is 10.3 Å². The molecule has 1 amide bonds. The molecule has 0 saturated carbocycles. The van der Waals surface area contributed by atoms with Gasteiger partial charge >= 0.3 is 0 Å². The summed E-state index contributed by atoms with van der Waals surface area (Å²) in [5.41, 5.74) is 6.53. The molecule has 2 heterocycles. The number of hydrogen-bond acceptors (Lipinski definition) is 5. The molecule has 0 fully saturated rings. The molecule has 4 nitrogen and oxygen atoms in total. The van der Waals surface area contributed by atoms with Gasteiger partial charge in [0, 0.05) is 23.7 Å². The van der Waals surface area contributed by atoms with E-state index in [1.165, 1.54) is 23.1 Å². The first kappa shape index (κ1) is 14.9. The highest BCUT2D eigenvalue weighted by Gasteiger charge is 2.06. The van der Waals surface area contributed by atoms with Crippen molar-refractivity contribution in [2.45, 2.75) is 13.3 Å². The maximum Gasteiger partial charge on any atom is 0.216 e. The lowest BCUT2D eigenvalue weighted by Crippen LogP contribution is -2.21. The molecule has 0 aliphatic carbocycles. The molecular weight excluding hydrogens is 290 g/mol. The second-order valence-electron chi connectivity index (χ2n) is 3.57. The standard InChI is InChI=1S/C11H13N3OS2.ClH/c1-7(15)13-5-4-8-2-3-10(17-8)9-6-16-11(12)14-9;/h2-3,6H,4-5H2,1H3,(H2,12,14)(H,13,15);1H. The number of nitrogens with zero attached hydrogens (tertiary/aromatic N) is 1. The Morgan fingerprint density at radius 1 is 1.50 bits per heavy atom. The van der Waals surface area contributed by atoms with Crippen LogP contribution in [0.15, 0.2) is 17.5 Å². The van der Waals surface area contributed by atoms with Crippen molar-refractivity contribution in [1.29, 1.82) is 0 Å². The lowest BCUT2D eigenvalue weighted by molar-refractivity contribution is -0.118. The molecule has 0 bridgehead atoms. The van der Waals surface area contributed by atoms with E-state index < -0.39 is 0 Å². The van der Waals surface area contributed by atoms with Gasteiger partial charge < -0.3 is 11.1 Å². The molecular formula is C11H14ClN3OS2. The molecule has 2 aromatic rings. The van der Waals surface area contributed by atoms with Gasteiger partial charge in [-0.05, 0) is 18.6 Å². The number of thiazole rings is 1. The second-order valence-corrected chi connectivity index (χ2v) is 5.63. The Kier molecular flexibility index (Phi) is 5.58. The summed E-state index contributed by atoms with van der Waals surface area (Å²) < 4.78 is 0. The number of nitrogens with one attached hydrogen (secondary N) is 1. The van der Waals surface area contributed by atoms with Gasteiger partial charge in [0.15, 0.2) is 5.13 Å². The van der Waals surface area contributed by atoms with Crippen LogP contribution in [0.5, 0.6) is 0 Å². The third-order valence-corrected chi connectivity index (χ3v) is 4.02. The van der Waals surface area contributed by atoms with Crippen molar-refractivity contribution < 1.29 is 4.79 Å². The Labute approximate surface area is 120 Å². The minimum absolute atomic E-state index is 0. The van der Waals surface area contributed by atoms with E-state index in [1.807, 2.05) is 11.4 Å². The molecule has 0 saturated heterocycles. The van der Waals surface area contributed by atoms with Gasteiger partial charge in [0.25, 0.3) is 0 Å². The number of carbonyl (C=O) groups excluding carboxylic acids is 1. The fraction of sp³-hybridized carbons (Fsp3) is 0.273. The highest BCUT2D eigenvalue weighted by Crippen LogP contribution is 2.29. The predicted octanol–water partition coefficient (Wildman–Crippen LogP) is 2.55. The SMILES string of the molecule is CC(=O)NCCc1ccc(-c2csc(N)n2)s1.Cl. The van der Waals surface area contributed by atoms with Gasteiger partial charge in [0.1, 0.15) is 0 Å². The summed E-state index contributed by atoms with van der Waals surface area (Å²) in [5.74, 6) is 0.00838. The molecule has 2 rings (SSSR count). The Morgan fingerprint density at radius 3 is 2.89 bits per heavy atom. The topological polar surface area (TPSA) is 68.0 Å². The Morgan fingerprint density at radius 2 is 2.28 bits per heavy atom. The number of amides is 1. The zero-order valence-corrected chi connectivity index (χ0v) is 12.3. The van der Waals surface area contributed by atoms with Crippen molar-refractivity contribution in [3.63, 3.8) is 0 Å². The summed E-state index contributed by atoms with van der Waals surface area (Å²) in [6.45, 7) is 2.20. The van der Waals surface area contributed by atoms with Crippen LogP contribution < -0.4 is 11.1 Å². The van der Waals surface area contributed by atoms with E-state index in [2.05, 4.69) is 16.4 Å². The number of halogens is 1. The van der Waals surface area contributed by atoms with E-state index >= 15 is 0 Å². The van der Waals surface area contributed by atoms with E-state index in [0.29, 0.717) is 11.7 Å². The number of carbonyl (C=O) groups is 1. The lowest BCUT2D eigenvalue weighted by Gasteiger charge is -1.98. The molecule has 0 aliphatic heterocycles. The number of nitrogen functional groups attached to an aromatic ring is 1. The third-order valence-electron chi connectivity index (χ3n) is 2.18. The first-order chi connectivity index (χ1) is 8.15. The Balaban J connectivity index is 0.00000162. The van der Waals surface area contributed by atoms with Crippen LogP contribution in [0, 0.1) is 0 Å². The molecule has 3 N–H and O–H groups in total. The van der Waals surface area contributed by atoms with E-state index in [0.717, 1.165) is 17.0 Å². The molecule has 0 spiro atoms.